The third-order valence-corrected chi connectivity index (χ3v) is 4.94. The number of benzene rings is 1. The molecule has 0 radical (unpaired) electrons. The summed E-state index contributed by atoms with van der Waals surface area (Å²) in [5.41, 5.74) is 1.41. The summed E-state index contributed by atoms with van der Waals surface area (Å²) in [7, 11) is 0. The predicted octanol–water partition coefficient (Wildman–Crippen LogP) is 0.405. The maximum Gasteiger partial charge on any atom is 0.329 e. The molecule has 9 heteroatoms. The number of hydrogen-bond donors (Lipinski definition) is 2. The van der Waals surface area contributed by atoms with Gasteiger partial charge in [0.15, 0.2) is 0 Å². The number of aromatic nitrogens is 2. The van der Waals surface area contributed by atoms with E-state index in [1.807, 2.05) is 31.2 Å². The molecule has 3 rings (SSSR count). The van der Waals surface area contributed by atoms with E-state index in [4.69, 9.17) is 5.11 Å². The van der Waals surface area contributed by atoms with Gasteiger partial charge in [-0.05, 0) is 18.6 Å². The maximum atomic E-state index is 12.8. The summed E-state index contributed by atoms with van der Waals surface area (Å²) < 4.78 is 3.26. The number of amides is 2. The molecule has 1 unspecified atom stereocenters. The molecule has 2 N–H and O–H groups in total. The van der Waals surface area contributed by atoms with Crippen molar-refractivity contribution in [2.45, 2.75) is 45.3 Å². The van der Waals surface area contributed by atoms with Gasteiger partial charge in [-0.15, -0.1) is 0 Å². The van der Waals surface area contributed by atoms with Gasteiger partial charge in [0.05, 0.1) is 17.5 Å². The van der Waals surface area contributed by atoms with Crippen LogP contribution in [0.3, 0.4) is 0 Å². The van der Waals surface area contributed by atoms with Crippen LogP contribution in [0.15, 0.2) is 29.1 Å². The molecular weight excluding hydrogens is 364 g/mol. The summed E-state index contributed by atoms with van der Waals surface area (Å²) >= 11 is 0. The van der Waals surface area contributed by atoms with Gasteiger partial charge >= 0.3 is 11.7 Å². The molecule has 0 spiro atoms. The summed E-state index contributed by atoms with van der Waals surface area (Å²) in [4.78, 5) is 49.9. The van der Waals surface area contributed by atoms with E-state index in [0.717, 1.165) is 17.5 Å². The number of aryl methyl sites for hydroxylation is 2. The molecule has 1 aromatic heterocycles. The van der Waals surface area contributed by atoms with Crippen molar-refractivity contribution in [1.82, 2.24) is 19.4 Å². The lowest BCUT2D eigenvalue weighted by Crippen LogP contribution is -2.57. The third-order valence-electron chi connectivity index (χ3n) is 4.94. The summed E-state index contributed by atoms with van der Waals surface area (Å²) in [6.45, 7) is 3.30. The number of imidazole rings is 1. The fourth-order valence-electron chi connectivity index (χ4n) is 3.66. The molecule has 1 atom stereocenters. The van der Waals surface area contributed by atoms with Gasteiger partial charge in [-0.3, -0.25) is 23.5 Å². The molecule has 1 fully saturated rings. The van der Waals surface area contributed by atoms with Gasteiger partial charge in [-0.2, -0.15) is 0 Å². The average Bonchev–Trinajstić information content (AvgIpc) is 2.93. The standard InChI is InChI=1S/C19H24N4O5/c1-2-9-22-13-5-3-4-6-14(13)23(19(22)28)10-7-16(24)21-11-8-20-18(27)15(21)12-17(25)26/h3-6,15H,2,7-12H2,1H3,(H,20,27)(H,25,26). The first-order valence-corrected chi connectivity index (χ1v) is 9.41. The highest BCUT2D eigenvalue weighted by Gasteiger charge is 2.34. The Hall–Kier alpha value is -3.10. The van der Waals surface area contributed by atoms with Crippen LogP contribution >= 0.6 is 0 Å². The second-order valence-corrected chi connectivity index (χ2v) is 6.82. The van der Waals surface area contributed by atoms with Gasteiger partial charge in [-0.25, -0.2) is 4.79 Å². The highest BCUT2D eigenvalue weighted by Crippen LogP contribution is 2.15. The topological polar surface area (TPSA) is 114 Å². The molecule has 2 heterocycles. The number of carboxylic acid groups (broad SMARTS) is 1. The van der Waals surface area contributed by atoms with Crippen LogP contribution in [0.25, 0.3) is 11.0 Å². The fraction of sp³-hybridized carbons (Fsp3) is 0.474. The Kier molecular flexibility index (Phi) is 5.81. The minimum absolute atomic E-state index is 0.0173. The van der Waals surface area contributed by atoms with Gasteiger partial charge in [0.2, 0.25) is 11.8 Å². The normalized spacial score (nSPS) is 17.0. The van der Waals surface area contributed by atoms with Crippen LogP contribution < -0.4 is 11.0 Å². The minimum atomic E-state index is -1.14. The van der Waals surface area contributed by atoms with Crippen LogP contribution in [0.4, 0.5) is 0 Å². The summed E-state index contributed by atoms with van der Waals surface area (Å²) in [5, 5.41) is 11.6. The van der Waals surface area contributed by atoms with E-state index in [-0.39, 0.29) is 37.7 Å². The van der Waals surface area contributed by atoms with Gasteiger partial charge in [-0.1, -0.05) is 19.1 Å². The summed E-state index contributed by atoms with van der Waals surface area (Å²) in [5.74, 6) is -1.93. The van der Waals surface area contributed by atoms with Crippen molar-refractivity contribution in [3.63, 3.8) is 0 Å². The van der Waals surface area contributed by atoms with Crippen LogP contribution in [0.5, 0.6) is 0 Å². The first kappa shape index (κ1) is 19.7. The van der Waals surface area contributed by atoms with E-state index in [1.165, 1.54) is 4.90 Å². The smallest absolute Gasteiger partial charge is 0.329 e. The minimum Gasteiger partial charge on any atom is -0.481 e. The summed E-state index contributed by atoms with van der Waals surface area (Å²) in [6.07, 6.45) is 0.392. The number of hydrogen-bond acceptors (Lipinski definition) is 4. The van der Waals surface area contributed by atoms with Gasteiger partial charge in [0.25, 0.3) is 0 Å². The zero-order valence-corrected chi connectivity index (χ0v) is 15.8. The van der Waals surface area contributed by atoms with Gasteiger partial charge in [0.1, 0.15) is 6.04 Å². The number of rotatable bonds is 7. The number of piperazine rings is 1. The molecule has 0 bridgehead atoms. The molecule has 1 aliphatic rings. The van der Waals surface area contributed by atoms with E-state index in [1.54, 1.807) is 9.13 Å². The van der Waals surface area contributed by atoms with Crippen LogP contribution in [0.2, 0.25) is 0 Å². The molecule has 2 aromatic rings. The lowest BCUT2D eigenvalue weighted by molar-refractivity contribution is -0.148. The van der Waals surface area contributed by atoms with Gasteiger partial charge < -0.3 is 15.3 Å². The first-order valence-electron chi connectivity index (χ1n) is 9.41. The predicted molar refractivity (Wildman–Crippen MR) is 102 cm³/mol. The Morgan fingerprint density at radius 3 is 2.39 bits per heavy atom. The number of carbonyl (C=O) groups is 3. The fourth-order valence-corrected chi connectivity index (χ4v) is 3.66. The van der Waals surface area contributed by atoms with E-state index < -0.39 is 24.3 Å². The molecule has 1 aliphatic heterocycles. The van der Waals surface area contributed by atoms with Crippen LogP contribution in [-0.4, -0.2) is 56.1 Å². The van der Waals surface area contributed by atoms with Crippen LogP contribution in [0.1, 0.15) is 26.2 Å². The van der Waals surface area contributed by atoms with Crippen molar-refractivity contribution in [2.75, 3.05) is 13.1 Å². The van der Waals surface area contributed by atoms with Crippen molar-refractivity contribution in [1.29, 1.82) is 0 Å². The molecule has 1 aromatic carbocycles. The highest BCUT2D eigenvalue weighted by molar-refractivity contribution is 5.91. The largest absolute Gasteiger partial charge is 0.481 e. The van der Waals surface area contributed by atoms with E-state index >= 15 is 0 Å². The van der Waals surface area contributed by atoms with Crippen molar-refractivity contribution < 1.29 is 19.5 Å². The van der Waals surface area contributed by atoms with Crippen molar-refractivity contribution in [3.05, 3.63) is 34.7 Å². The zero-order chi connectivity index (χ0) is 20.3. The van der Waals surface area contributed by atoms with E-state index in [2.05, 4.69) is 5.32 Å². The molecule has 2 amide bonds. The monoisotopic (exact) mass is 388 g/mol. The second-order valence-electron chi connectivity index (χ2n) is 6.82. The maximum absolute atomic E-state index is 12.8. The lowest BCUT2D eigenvalue weighted by atomic mass is 10.1. The zero-order valence-electron chi connectivity index (χ0n) is 15.8. The number of nitrogens with one attached hydrogen (secondary N) is 1. The molecule has 0 aliphatic carbocycles. The SMILES string of the molecule is CCCn1c(=O)n(CCC(=O)N2CCNC(=O)C2CC(=O)O)c2ccccc21. The molecule has 150 valence electrons. The van der Waals surface area contributed by atoms with Gasteiger partial charge in [0, 0.05) is 32.6 Å². The molecule has 1 saturated heterocycles. The lowest BCUT2D eigenvalue weighted by Gasteiger charge is -2.34. The quantitative estimate of drug-likeness (QED) is 0.713. The Balaban J connectivity index is 1.81. The molecule has 9 nitrogen and oxygen atoms in total. The number of nitrogens with zero attached hydrogens (tertiary/aromatic N) is 3. The number of carbonyl (C=O) groups excluding carboxylic acids is 2. The van der Waals surface area contributed by atoms with E-state index in [0.29, 0.717) is 6.54 Å². The third kappa shape index (κ3) is 3.78. The van der Waals surface area contributed by atoms with E-state index in [9.17, 15) is 19.2 Å². The van der Waals surface area contributed by atoms with Crippen molar-refractivity contribution in [2.24, 2.45) is 0 Å². The number of para-hydroxylation sites is 2. The average molecular weight is 388 g/mol. The Bertz CT molecular complexity index is 961. The molecular formula is C19H24N4O5. The second kappa shape index (κ2) is 8.28. The van der Waals surface area contributed by atoms with Crippen molar-refractivity contribution in [3.8, 4) is 0 Å². The number of aliphatic carboxylic acids is 1. The van der Waals surface area contributed by atoms with Crippen LogP contribution in [-0.2, 0) is 27.5 Å². The number of fused-ring (bicyclic) bond motifs is 1. The highest BCUT2D eigenvalue weighted by atomic mass is 16.4. The Labute approximate surface area is 161 Å². The summed E-state index contributed by atoms with van der Waals surface area (Å²) in [6, 6.07) is 6.41. The molecule has 0 saturated carbocycles. The Morgan fingerprint density at radius 1 is 1.14 bits per heavy atom. The Morgan fingerprint density at radius 2 is 1.79 bits per heavy atom. The number of carboxylic acids is 1. The van der Waals surface area contributed by atoms with Crippen molar-refractivity contribution >= 4 is 28.8 Å². The van der Waals surface area contributed by atoms with Crippen LogP contribution in [0, 0.1) is 0 Å². The molecule has 28 heavy (non-hydrogen) atoms. The first-order chi connectivity index (χ1) is 13.4.